The molecule has 0 saturated carbocycles. The lowest BCUT2D eigenvalue weighted by atomic mass is 10.1. The number of aromatic hydroxyl groups is 1. The predicted octanol–water partition coefficient (Wildman–Crippen LogP) is 6.98. The summed E-state index contributed by atoms with van der Waals surface area (Å²) in [4.78, 5) is 10.8. The monoisotopic (exact) mass is 496 g/mol. The lowest BCUT2D eigenvalue weighted by Gasteiger charge is -2.04. The number of phenols is 1. The molecule has 0 unspecified atom stereocenters. The van der Waals surface area contributed by atoms with E-state index in [0.29, 0.717) is 18.8 Å². The second-order valence-corrected chi connectivity index (χ2v) is 8.36. The van der Waals surface area contributed by atoms with Crippen molar-refractivity contribution in [2.75, 3.05) is 20.3 Å². The molecule has 2 rings (SSSR count). The van der Waals surface area contributed by atoms with Crippen LogP contribution in [0.15, 0.2) is 84.5 Å². The van der Waals surface area contributed by atoms with Crippen LogP contribution in [0.1, 0.15) is 58.1 Å². The van der Waals surface area contributed by atoms with Gasteiger partial charge in [0, 0.05) is 12.8 Å². The number of methoxy groups -OCH3 is 1. The van der Waals surface area contributed by atoms with Crippen molar-refractivity contribution in [3.05, 3.63) is 95.6 Å². The number of benzene rings is 2. The van der Waals surface area contributed by atoms with Crippen LogP contribution in [0, 0.1) is 0 Å². The van der Waals surface area contributed by atoms with Crippen molar-refractivity contribution in [1.82, 2.24) is 0 Å². The van der Waals surface area contributed by atoms with Crippen molar-refractivity contribution in [1.29, 1.82) is 0 Å². The van der Waals surface area contributed by atoms with Gasteiger partial charge in [-0.15, -0.1) is 6.58 Å². The van der Waals surface area contributed by atoms with Crippen LogP contribution in [0.2, 0.25) is 0 Å². The van der Waals surface area contributed by atoms with Crippen LogP contribution in [0.5, 0.6) is 11.5 Å². The molecule has 0 atom stereocenters. The van der Waals surface area contributed by atoms with Gasteiger partial charge in [-0.25, -0.2) is 0 Å². The SMILES string of the molecule is C=CCc1ccc(O)c(OC)c1.CC(C)=CCC/C(C)=C/CO.CCC(=O)OCCc1ccccc1. The van der Waals surface area contributed by atoms with E-state index in [2.05, 4.69) is 33.4 Å². The Morgan fingerprint density at radius 2 is 1.72 bits per heavy atom. The van der Waals surface area contributed by atoms with Crippen molar-refractivity contribution >= 4 is 5.97 Å². The number of hydrogen-bond donors (Lipinski definition) is 2. The van der Waals surface area contributed by atoms with Gasteiger partial charge in [-0.05, 0) is 63.3 Å². The zero-order valence-corrected chi connectivity index (χ0v) is 22.6. The Bertz CT molecular complexity index is 925. The standard InChI is InChI=1S/C11H14O2.C10H12O2.C10H18O/c1-2-11(12)13-9-8-10-6-4-3-5-7-10;1-3-4-8-5-6-9(11)10(7-8)12-2;1-9(2)5-4-6-10(3)7-8-11/h3-7H,2,8-9H2,1H3;3,5-7,11H,1,4H2,2H3;5,7,11H,4,6,8H2,1-3H3/b;;10-7+. The van der Waals surface area contributed by atoms with Crippen LogP contribution >= 0.6 is 0 Å². The van der Waals surface area contributed by atoms with E-state index >= 15 is 0 Å². The van der Waals surface area contributed by atoms with E-state index in [1.165, 1.54) is 23.8 Å². The third-order valence-electron chi connectivity index (χ3n) is 4.94. The van der Waals surface area contributed by atoms with Gasteiger partial charge in [0.15, 0.2) is 11.5 Å². The van der Waals surface area contributed by atoms with E-state index in [9.17, 15) is 9.90 Å². The first-order valence-corrected chi connectivity index (χ1v) is 12.3. The molecule has 2 aromatic rings. The first-order chi connectivity index (χ1) is 17.3. The molecule has 0 bridgehead atoms. The van der Waals surface area contributed by atoms with E-state index < -0.39 is 0 Å². The lowest BCUT2D eigenvalue weighted by Crippen LogP contribution is -2.05. The summed E-state index contributed by atoms with van der Waals surface area (Å²) in [6, 6.07) is 15.3. The van der Waals surface area contributed by atoms with Crippen molar-refractivity contribution in [3.8, 4) is 11.5 Å². The number of phenolic OH excluding ortho intramolecular Hbond substituents is 1. The highest BCUT2D eigenvalue weighted by Crippen LogP contribution is 2.26. The zero-order valence-electron chi connectivity index (χ0n) is 22.6. The summed E-state index contributed by atoms with van der Waals surface area (Å²) in [6.45, 7) is 12.3. The molecule has 5 nitrogen and oxygen atoms in total. The molecule has 2 N–H and O–H groups in total. The van der Waals surface area contributed by atoms with Gasteiger partial charge < -0.3 is 19.7 Å². The summed E-state index contributed by atoms with van der Waals surface area (Å²) in [5.74, 6) is 0.551. The first kappa shape index (κ1) is 32.7. The molecular formula is C31H44O5. The quantitative estimate of drug-likeness (QED) is 0.259. The average molecular weight is 497 g/mol. The van der Waals surface area contributed by atoms with E-state index in [1.54, 1.807) is 19.1 Å². The molecule has 0 heterocycles. The number of hydrogen-bond acceptors (Lipinski definition) is 5. The van der Waals surface area contributed by atoms with Gasteiger partial charge >= 0.3 is 5.97 Å². The molecule has 0 radical (unpaired) electrons. The van der Waals surface area contributed by atoms with E-state index in [4.69, 9.17) is 14.6 Å². The second-order valence-electron chi connectivity index (χ2n) is 8.36. The Kier molecular flexibility index (Phi) is 19.1. The summed E-state index contributed by atoms with van der Waals surface area (Å²) >= 11 is 0. The molecule has 0 aromatic heterocycles. The maximum absolute atomic E-state index is 10.8. The Morgan fingerprint density at radius 1 is 1.03 bits per heavy atom. The smallest absolute Gasteiger partial charge is 0.305 e. The van der Waals surface area contributed by atoms with Crippen molar-refractivity contribution < 1.29 is 24.5 Å². The first-order valence-electron chi connectivity index (χ1n) is 12.3. The Balaban J connectivity index is 0.000000513. The van der Waals surface area contributed by atoms with Gasteiger partial charge in [-0.3, -0.25) is 4.79 Å². The summed E-state index contributed by atoms with van der Waals surface area (Å²) in [7, 11) is 1.53. The maximum Gasteiger partial charge on any atom is 0.305 e. The topological polar surface area (TPSA) is 76.0 Å². The summed E-state index contributed by atoms with van der Waals surface area (Å²) in [5, 5.41) is 17.8. The molecular weight excluding hydrogens is 452 g/mol. The van der Waals surface area contributed by atoms with E-state index in [0.717, 1.165) is 31.2 Å². The third kappa shape index (κ3) is 17.2. The normalized spacial score (nSPS) is 10.1. The number of carbonyl (C=O) groups is 1. The predicted molar refractivity (Wildman–Crippen MR) is 149 cm³/mol. The number of rotatable bonds is 11. The molecule has 2 aromatic carbocycles. The molecule has 0 aliphatic carbocycles. The molecule has 0 fully saturated rings. The van der Waals surface area contributed by atoms with Crippen LogP contribution in [-0.2, 0) is 22.4 Å². The lowest BCUT2D eigenvalue weighted by molar-refractivity contribution is -0.143. The average Bonchev–Trinajstić information content (AvgIpc) is 2.86. The van der Waals surface area contributed by atoms with Crippen molar-refractivity contribution in [2.45, 2.75) is 59.8 Å². The van der Waals surface area contributed by atoms with Crippen LogP contribution in [0.25, 0.3) is 0 Å². The Hall–Kier alpha value is -3.31. The van der Waals surface area contributed by atoms with E-state index in [-0.39, 0.29) is 18.3 Å². The van der Waals surface area contributed by atoms with Crippen LogP contribution in [0.4, 0.5) is 0 Å². The zero-order chi connectivity index (χ0) is 27.2. The highest BCUT2D eigenvalue weighted by molar-refractivity contribution is 5.68. The number of ether oxygens (including phenoxy) is 2. The molecule has 36 heavy (non-hydrogen) atoms. The number of allylic oxidation sites excluding steroid dienone is 4. The van der Waals surface area contributed by atoms with Crippen molar-refractivity contribution in [2.24, 2.45) is 0 Å². The Morgan fingerprint density at radius 3 is 2.28 bits per heavy atom. The van der Waals surface area contributed by atoms with Gasteiger partial charge in [-0.1, -0.05) is 72.7 Å². The van der Waals surface area contributed by atoms with Gasteiger partial charge in [0.05, 0.1) is 20.3 Å². The maximum atomic E-state index is 10.8. The fourth-order valence-corrected chi connectivity index (χ4v) is 2.89. The summed E-state index contributed by atoms with van der Waals surface area (Å²) in [5.41, 5.74) is 4.91. The van der Waals surface area contributed by atoms with Gasteiger partial charge in [-0.2, -0.15) is 0 Å². The highest BCUT2D eigenvalue weighted by Gasteiger charge is 2.00. The minimum atomic E-state index is -0.129. The van der Waals surface area contributed by atoms with Crippen molar-refractivity contribution in [3.63, 3.8) is 0 Å². The molecule has 0 aliphatic rings. The molecule has 5 heteroatoms. The number of esters is 1. The molecule has 198 valence electrons. The van der Waals surface area contributed by atoms with Gasteiger partial charge in [0.2, 0.25) is 0 Å². The van der Waals surface area contributed by atoms with Crippen LogP contribution in [0.3, 0.4) is 0 Å². The van der Waals surface area contributed by atoms with E-state index in [1.807, 2.05) is 48.6 Å². The number of aliphatic hydroxyl groups excluding tert-OH is 1. The minimum absolute atomic E-state index is 0.129. The number of carbonyl (C=O) groups excluding carboxylic acids is 1. The molecule has 0 spiro atoms. The largest absolute Gasteiger partial charge is 0.504 e. The highest BCUT2D eigenvalue weighted by atomic mass is 16.5. The van der Waals surface area contributed by atoms with Crippen LogP contribution in [-0.4, -0.2) is 36.5 Å². The fourth-order valence-electron chi connectivity index (χ4n) is 2.89. The summed E-state index contributed by atoms with van der Waals surface area (Å²) < 4.78 is 9.90. The number of aliphatic hydroxyl groups is 1. The third-order valence-corrected chi connectivity index (χ3v) is 4.94. The van der Waals surface area contributed by atoms with Gasteiger partial charge in [0.25, 0.3) is 0 Å². The van der Waals surface area contributed by atoms with Crippen LogP contribution < -0.4 is 4.74 Å². The van der Waals surface area contributed by atoms with Gasteiger partial charge in [0.1, 0.15) is 0 Å². The molecule has 0 aliphatic heterocycles. The second kappa shape index (κ2) is 21.0. The summed E-state index contributed by atoms with van der Waals surface area (Å²) in [6.07, 6.45) is 10.1. The Labute approximate surface area is 217 Å². The minimum Gasteiger partial charge on any atom is -0.504 e. The molecule has 0 amide bonds. The fraction of sp³-hybridized carbons (Fsp3) is 0.387. The molecule has 0 saturated heterocycles.